The number of Topliss-reactive ketones (excluding diaryl/α,β-unsaturated/α-hetero) is 1. The molecule has 11 heteroatoms. The summed E-state index contributed by atoms with van der Waals surface area (Å²) in [6, 6.07) is 0.205. The second kappa shape index (κ2) is 13.6. The Morgan fingerprint density at radius 1 is 1.06 bits per heavy atom. The molecule has 0 amide bonds. The Balaban J connectivity index is 1.57. The molecule has 0 aromatic rings. The van der Waals surface area contributed by atoms with Gasteiger partial charge >= 0.3 is 11.9 Å². The summed E-state index contributed by atoms with van der Waals surface area (Å²) in [5, 5.41) is 11.4. The SMILES string of the molecule is CC[C@H]1OC(=O)[C@@]2(C)CCO[C@](C)(C[C@@H](C)CN(C3CC3)[C@H](C)[C@H]3CC(=O)O[C@@]31C)[C@H](O[C@@H]1OC(C)CC(N(C)C)C1O)[C@@H](C)C2=O. The molecular formula is C36H60N2O9. The number of aliphatic hydroxyl groups is 1. The van der Waals surface area contributed by atoms with Crippen LogP contribution >= 0.6 is 0 Å². The summed E-state index contributed by atoms with van der Waals surface area (Å²) >= 11 is 0. The first kappa shape index (κ1) is 36.6. The van der Waals surface area contributed by atoms with E-state index in [4.69, 9.17) is 23.7 Å². The maximum absolute atomic E-state index is 14.6. The van der Waals surface area contributed by atoms with Gasteiger partial charge in [0.1, 0.15) is 17.6 Å². The van der Waals surface area contributed by atoms with Crippen molar-refractivity contribution < 1.29 is 43.2 Å². The average Bonchev–Trinajstić information content (AvgIpc) is 3.79. The molecule has 6 fully saturated rings. The van der Waals surface area contributed by atoms with Gasteiger partial charge in [0, 0.05) is 43.1 Å². The molecule has 11 nitrogen and oxygen atoms in total. The van der Waals surface area contributed by atoms with Gasteiger partial charge in [0.05, 0.1) is 24.2 Å². The highest BCUT2D eigenvalue weighted by Crippen LogP contribution is 2.47. The van der Waals surface area contributed by atoms with Crippen LogP contribution in [0, 0.1) is 23.2 Å². The third-order valence-electron chi connectivity index (χ3n) is 12.2. The number of hydrogen-bond donors (Lipinski definition) is 1. The minimum Gasteiger partial charge on any atom is -0.457 e. The van der Waals surface area contributed by atoms with Crippen LogP contribution in [0.2, 0.25) is 0 Å². The van der Waals surface area contributed by atoms with Crippen LogP contribution in [-0.2, 0) is 38.1 Å². The Morgan fingerprint density at radius 3 is 2.36 bits per heavy atom. The number of ketones is 1. The maximum Gasteiger partial charge on any atom is 0.319 e. The molecule has 6 aliphatic rings. The Morgan fingerprint density at radius 2 is 1.74 bits per heavy atom. The van der Waals surface area contributed by atoms with Gasteiger partial charge < -0.3 is 33.7 Å². The van der Waals surface area contributed by atoms with Crippen LogP contribution in [0.25, 0.3) is 0 Å². The van der Waals surface area contributed by atoms with Gasteiger partial charge in [-0.05, 0) is 93.2 Å². The quantitative estimate of drug-likeness (QED) is 0.342. The van der Waals surface area contributed by atoms with Crippen molar-refractivity contribution in [2.24, 2.45) is 23.2 Å². The number of esters is 2. The monoisotopic (exact) mass is 664 g/mol. The number of likely N-dealkylation sites (N-methyl/N-ethyl adjacent to an activating group) is 1. The van der Waals surface area contributed by atoms with E-state index in [9.17, 15) is 19.5 Å². The molecule has 0 radical (unpaired) electrons. The van der Waals surface area contributed by atoms with Crippen molar-refractivity contribution in [3.8, 4) is 0 Å². The number of carbonyl (C=O) groups is 3. The third kappa shape index (κ3) is 6.91. The molecule has 268 valence electrons. The highest BCUT2D eigenvalue weighted by molar-refractivity contribution is 6.04. The van der Waals surface area contributed by atoms with Gasteiger partial charge in [-0.3, -0.25) is 19.3 Å². The third-order valence-corrected chi connectivity index (χ3v) is 12.2. The first-order valence-corrected chi connectivity index (χ1v) is 18.0. The summed E-state index contributed by atoms with van der Waals surface area (Å²) in [6.45, 7) is 16.5. The predicted octanol–water partition coefficient (Wildman–Crippen LogP) is 3.72. The zero-order chi connectivity index (χ0) is 34.6. The molecule has 1 aliphatic carbocycles. The number of aliphatic hydroxyl groups excluding tert-OH is 1. The fourth-order valence-corrected chi connectivity index (χ4v) is 9.27. The lowest BCUT2D eigenvalue weighted by Crippen LogP contribution is -2.61. The smallest absolute Gasteiger partial charge is 0.319 e. The molecule has 6 rings (SSSR count). The fourth-order valence-electron chi connectivity index (χ4n) is 9.27. The van der Waals surface area contributed by atoms with E-state index in [1.165, 1.54) is 0 Å². The highest BCUT2D eigenvalue weighted by atomic mass is 16.7. The molecule has 1 saturated carbocycles. The van der Waals surface area contributed by atoms with Crippen molar-refractivity contribution in [2.75, 3.05) is 27.2 Å². The van der Waals surface area contributed by atoms with Gasteiger partial charge in [0.15, 0.2) is 17.7 Å². The van der Waals surface area contributed by atoms with Crippen LogP contribution in [0.4, 0.5) is 0 Å². The molecule has 1 N–H and O–H groups in total. The molecule has 47 heavy (non-hydrogen) atoms. The van der Waals surface area contributed by atoms with Gasteiger partial charge in [0.2, 0.25) is 0 Å². The lowest BCUT2D eigenvalue weighted by Gasteiger charge is -2.49. The van der Waals surface area contributed by atoms with Gasteiger partial charge in [-0.1, -0.05) is 20.8 Å². The molecular weight excluding hydrogens is 604 g/mol. The lowest BCUT2D eigenvalue weighted by molar-refractivity contribution is -0.300. The molecule has 5 saturated heterocycles. The number of carbonyl (C=O) groups excluding carboxylic acids is 3. The van der Waals surface area contributed by atoms with Crippen LogP contribution in [-0.4, -0.2) is 120 Å². The van der Waals surface area contributed by atoms with Crippen molar-refractivity contribution in [3.05, 3.63) is 0 Å². The Hall–Kier alpha value is -1.63. The normalized spacial score (nSPS) is 47.5. The van der Waals surface area contributed by atoms with Crippen LogP contribution < -0.4 is 0 Å². The molecule has 5 heterocycles. The summed E-state index contributed by atoms with van der Waals surface area (Å²) in [4.78, 5) is 46.3. The number of rotatable bonds is 5. The minimum absolute atomic E-state index is 0.00851. The number of nitrogens with zero attached hydrogens (tertiary/aromatic N) is 2. The summed E-state index contributed by atoms with van der Waals surface area (Å²) in [5.74, 6) is -2.06. The van der Waals surface area contributed by atoms with Crippen molar-refractivity contribution in [1.82, 2.24) is 9.80 Å². The van der Waals surface area contributed by atoms with Crippen molar-refractivity contribution >= 4 is 17.7 Å². The minimum atomic E-state index is -1.52. The molecule has 5 aliphatic heterocycles. The number of hydrogen-bond acceptors (Lipinski definition) is 11. The largest absolute Gasteiger partial charge is 0.457 e. The van der Waals surface area contributed by atoms with Crippen molar-refractivity contribution in [2.45, 2.75) is 160 Å². The molecule has 2 bridgehead atoms. The second-order valence-corrected chi connectivity index (χ2v) is 16.3. The summed E-state index contributed by atoms with van der Waals surface area (Å²) in [6.07, 6.45) is 0.607. The van der Waals surface area contributed by atoms with Gasteiger partial charge in [0.25, 0.3) is 0 Å². The van der Waals surface area contributed by atoms with E-state index < -0.39 is 53.1 Å². The van der Waals surface area contributed by atoms with Crippen molar-refractivity contribution in [1.29, 1.82) is 0 Å². The van der Waals surface area contributed by atoms with E-state index in [0.717, 1.165) is 19.4 Å². The topological polar surface area (TPSA) is 124 Å². The highest BCUT2D eigenvalue weighted by Gasteiger charge is 2.59. The summed E-state index contributed by atoms with van der Waals surface area (Å²) < 4.78 is 32.1. The van der Waals surface area contributed by atoms with E-state index in [1.54, 1.807) is 13.8 Å². The summed E-state index contributed by atoms with van der Waals surface area (Å²) in [7, 11) is 3.85. The van der Waals surface area contributed by atoms with Crippen LogP contribution in [0.3, 0.4) is 0 Å². The Labute approximate surface area is 281 Å². The van der Waals surface area contributed by atoms with Gasteiger partial charge in [-0.15, -0.1) is 0 Å². The zero-order valence-corrected chi connectivity index (χ0v) is 30.3. The number of fused-ring (bicyclic) bond motifs is 10. The van der Waals surface area contributed by atoms with Crippen molar-refractivity contribution in [3.63, 3.8) is 0 Å². The van der Waals surface area contributed by atoms with Gasteiger partial charge in [-0.2, -0.15) is 0 Å². The fraction of sp³-hybridized carbons (Fsp3) is 0.917. The van der Waals surface area contributed by atoms with E-state index in [0.29, 0.717) is 25.3 Å². The van der Waals surface area contributed by atoms with E-state index in [-0.39, 0.29) is 61.2 Å². The summed E-state index contributed by atoms with van der Waals surface area (Å²) in [5.41, 5.74) is -3.48. The Kier molecular flexibility index (Phi) is 10.6. The lowest BCUT2D eigenvalue weighted by atomic mass is 9.70. The molecule has 13 atom stereocenters. The van der Waals surface area contributed by atoms with E-state index >= 15 is 0 Å². The molecule has 0 aromatic heterocycles. The predicted molar refractivity (Wildman–Crippen MR) is 174 cm³/mol. The molecule has 0 aromatic carbocycles. The van der Waals surface area contributed by atoms with E-state index in [2.05, 4.69) is 18.7 Å². The first-order valence-electron chi connectivity index (χ1n) is 18.0. The maximum atomic E-state index is 14.6. The van der Waals surface area contributed by atoms with Crippen LogP contribution in [0.5, 0.6) is 0 Å². The number of ether oxygens (including phenoxy) is 5. The molecule has 0 spiro atoms. The van der Waals surface area contributed by atoms with Crippen LogP contribution in [0.1, 0.15) is 100 Å². The van der Waals surface area contributed by atoms with Crippen LogP contribution in [0.15, 0.2) is 0 Å². The van der Waals surface area contributed by atoms with E-state index in [1.807, 2.05) is 46.7 Å². The second-order valence-electron chi connectivity index (χ2n) is 16.3. The zero-order valence-electron chi connectivity index (χ0n) is 30.3. The Bertz CT molecular complexity index is 1180. The first-order chi connectivity index (χ1) is 21.9. The standard InChI is InChI=1S/C36H60N2O9/c1-11-27-36(8)25(17-28(39)47-36)23(5)38(24-12-13-24)19-20(2)18-35(7)31(46-32-29(40)26(37(9)10)16-21(3)44-32)22(4)30(41)34(6,14-15-43-35)33(42)45-27/h20-27,29,31-32,40H,11-19H2,1-10H3/t20-,21?,22+,23-,25-,26?,27-,29?,31-,32+,34+,35-,36+/m1/s1. The van der Waals surface area contributed by atoms with Gasteiger partial charge in [-0.25, -0.2) is 0 Å². The average molecular weight is 665 g/mol. The molecule has 3 unspecified atom stereocenters.